The molecule has 5 N–H and O–H groups in total. The van der Waals surface area contributed by atoms with E-state index in [0.717, 1.165) is 58.6 Å². The molecule has 18 nitrogen and oxygen atoms in total. The second kappa shape index (κ2) is 19.4. The number of aromatic nitrogens is 2. The molecule has 0 radical (unpaired) electrons. The number of hydrogen-bond acceptors (Lipinski definition) is 13. The number of fused-ring (bicyclic) bond motifs is 6. The van der Waals surface area contributed by atoms with Gasteiger partial charge >= 0.3 is 5.97 Å². The number of likely N-dealkylation sites (N-methyl/N-ethyl adjacent to an activating group) is 1. The molecule has 0 spiro atoms. The van der Waals surface area contributed by atoms with Gasteiger partial charge in [-0.15, -0.1) is 0 Å². The van der Waals surface area contributed by atoms with Crippen molar-refractivity contribution in [1.82, 2.24) is 34.5 Å². The molecule has 3 aliphatic heterocycles. The minimum absolute atomic E-state index is 0.0418. The van der Waals surface area contributed by atoms with E-state index < -0.39 is 75.0 Å². The Morgan fingerprint density at radius 3 is 2.54 bits per heavy atom. The summed E-state index contributed by atoms with van der Waals surface area (Å²) < 4.78 is 39.7. The van der Waals surface area contributed by atoms with Crippen molar-refractivity contribution in [2.75, 3.05) is 40.4 Å². The number of aromatic hydroxyl groups is 1. The third kappa shape index (κ3) is 9.91. The molecule has 3 aliphatic rings. The number of nitrogens with zero attached hydrogens (tertiary/aromatic N) is 5. The predicted octanol–water partition coefficient (Wildman–Crippen LogP) is 3.60. The molecule has 0 saturated carbocycles. The number of pyridine rings is 1. The number of carbonyl (C=O) groups excluding carboxylic acids is 4. The van der Waals surface area contributed by atoms with E-state index in [9.17, 15) is 42.9 Å². The lowest BCUT2D eigenvalue weighted by molar-refractivity contribution is -0.189. The average molecular weight is 958 g/mol. The van der Waals surface area contributed by atoms with Gasteiger partial charge in [-0.3, -0.25) is 24.4 Å². The number of esters is 1. The van der Waals surface area contributed by atoms with Gasteiger partial charge in [0.25, 0.3) is 11.8 Å². The van der Waals surface area contributed by atoms with Crippen molar-refractivity contribution in [2.45, 2.75) is 103 Å². The molecule has 0 aliphatic carbocycles. The van der Waals surface area contributed by atoms with Gasteiger partial charge in [0.2, 0.25) is 21.7 Å². The Labute approximate surface area is 396 Å². The maximum atomic E-state index is 14.7. The number of β-amino-alcohol motifs (C(OH)–C–C–N with tert-alkyl or cyclic N) is 1. The molecule has 7 rings (SSSR count). The van der Waals surface area contributed by atoms with E-state index in [2.05, 4.69) is 33.8 Å². The van der Waals surface area contributed by atoms with Crippen molar-refractivity contribution < 1.29 is 52.4 Å². The van der Waals surface area contributed by atoms with E-state index in [0.29, 0.717) is 24.1 Å². The van der Waals surface area contributed by atoms with Gasteiger partial charge in [-0.05, 0) is 84.3 Å². The van der Waals surface area contributed by atoms with Crippen molar-refractivity contribution >= 4 is 44.6 Å². The molecule has 4 aromatic rings. The Morgan fingerprint density at radius 2 is 1.85 bits per heavy atom. The normalized spacial score (nSPS) is 23.0. The molecule has 3 amide bonds. The van der Waals surface area contributed by atoms with Gasteiger partial charge in [-0.25, -0.2) is 13.2 Å². The number of sulfonamides is 1. The number of hydrazine groups is 1. The minimum atomic E-state index is -3.95. The number of carbonyl (C=O) groups is 4. The van der Waals surface area contributed by atoms with Gasteiger partial charge < -0.3 is 39.6 Å². The Bertz CT molecular complexity index is 2740. The highest BCUT2D eigenvalue weighted by Crippen LogP contribution is 2.41. The number of amides is 3. The van der Waals surface area contributed by atoms with Crippen molar-refractivity contribution in [3.05, 3.63) is 83.5 Å². The van der Waals surface area contributed by atoms with Crippen molar-refractivity contribution in [1.29, 1.82) is 0 Å². The molecule has 2 saturated heterocycles. The first-order valence-corrected chi connectivity index (χ1v) is 24.4. The lowest BCUT2D eigenvalue weighted by atomic mass is 9.84. The van der Waals surface area contributed by atoms with Crippen LogP contribution < -0.4 is 10.7 Å². The first-order valence-electron chi connectivity index (χ1n) is 22.9. The van der Waals surface area contributed by atoms with Crippen LogP contribution in [0.4, 0.5) is 0 Å². The number of rotatable bonds is 11. The van der Waals surface area contributed by atoms with E-state index >= 15 is 0 Å². The summed E-state index contributed by atoms with van der Waals surface area (Å²) in [6.45, 7) is 12.8. The number of aryl methyl sites for hydroxylation is 1. The molecule has 19 heteroatoms. The zero-order valence-electron chi connectivity index (χ0n) is 39.7. The Balaban J connectivity index is 1.32. The van der Waals surface area contributed by atoms with E-state index in [1.54, 1.807) is 33.2 Å². The first kappa shape index (κ1) is 50.2. The van der Waals surface area contributed by atoms with Crippen LogP contribution in [0.3, 0.4) is 0 Å². The fourth-order valence-electron chi connectivity index (χ4n) is 9.85. The molecule has 0 unspecified atom stereocenters. The lowest BCUT2D eigenvalue weighted by Crippen LogP contribution is -2.67. The minimum Gasteiger partial charge on any atom is -0.508 e. The number of hydrogen-bond donors (Lipinski definition) is 5. The summed E-state index contributed by atoms with van der Waals surface area (Å²) in [6.07, 6.45) is 1.85. The number of ether oxygens (including phenoxy) is 2. The summed E-state index contributed by atoms with van der Waals surface area (Å²) in [7, 11) is -1.00. The SMILES string of the molecule is C=CS(=O)(=O)N1CC[C@](O)(C(=O)N(C)[C@H](C(=O)N[C@H]2Cc3cc(O)cc(c3)-c3ccc4c(c3)c(c(-c3cccnc3COC)n4CC)CC(C)(C)COC(=O)[C@@]3(O)CCCN(N3)C2=O)C(C)C)C1. The van der Waals surface area contributed by atoms with Crippen LogP contribution in [0.5, 0.6) is 5.75 Å². The summed E-state index contributed by atoms with van der Waals surface area (Å²) in [5, 5.41) is 40.2. The second-order valence-corrected chi connectivity index (χ2v) is 21.2. The highest BCUT2D eigenvalue weighted by Gasteiger charge is 2.50. The van der Waals surface area contributed by atoms with Crippen molar-refractivity contribution in [2.24, 2.45) is 11.3 Å². The largest absolute Gasteiger partial charge is 0.508 e. The highest BCUT2D eigenvalue weighted by atomic mass is 32.2. The van der Waals surface area contributed by atoms with E-state index in [4.69, 9.17) is 9.47 Å². The van der Waals surface area contributed by atoms with Crippen LogP contribution in [0, 0.1) is 11.3 Å². The van der Waals surface area contributed by atoms with E-state index in [1.807, 2.05) is 50.2 Å². The highest BCUT2D eigenvalue weighted by molar-refractivity contribution is 7.92. The molecule has 68 heavy (non-hydrogen) atoms. The maximum absolute atomic E-state index is 14.7. The van der Waals surface area contributed by atoms with Crippen LogP contribution in [0.25, 0.3) is 33.3 Å². The summed E-state index contributed by atoms with van der Waals surface area (Å²) >= 11 is 0. The van der Waals surface area contributed by atoms with Crippen LogP contribution in [0.15, 0.2) is 66.7 Å². The Kier molecular flexibility index (Phi) is 14.3. The number of phenols is 1. The van der Waals surface area contributed by atoms with Crippen LogP contribution >= 0.6 is 0 Å². The number of cyclic esters (lactones) is 1. The monoisotopic (exact) mass is 957 g/mol. The van der Waals surface area contributed by atoms with Crippen LogP contribution in [-0.2, 0) is 64.7 Å². The summed E-state index contributed by atoms with van der Waals surface area (Å²) in [4.78, 5) is 63.0. The first-order chi connectivity index (χ1) is 32.0. The predicted molar refractivity (Wildman–Crippen MR) is 253 cm³/mol. The van der Waals surface area contributed by atoms with Crippen molar-refractivity contribution in [3.63, 3.8) is 0 Å². The lowest BCUT2D eigenvalue weighted by Gasteiger charge is -2.40. The quantitative estimate of drug-likeness (QED) is 0.136. The summed E-state index contributed by atoms with van der Waals surface area (Å²) in [5.41, 5.74) is 3.83. The third-order valence-corrected chi connectivity index (χ3v) is 14.6. The third-order valence-electron chi connectivity index (χ3n) is 13.2. The summed E-state index contributed by atoms with van der Waals surface area (Å²) in [6, 6.07) is 12.2. The van der Waals surface area contributed by atoms with Gasteiger partial charge in [0.1, 0.15) is 17.8 Å². The molecule has 2 aromatic heterocycles. The van der Waals surface area contributed by atoms with Gasteiger partial charge in [0.05, 0.1) is 31.1 Å². The number of benzene rings is 2. The molecule has 2 aromatic carbocycles. The molecular formula is C49H63N7O11S. The topological polar surface area (TPSA) is 233 Å². The number of nitrogens with one attached hydrogen (secondary N) is 2. The van der Waals surface area contributed by atoms with Crippen molar-refractivity contribution in [3.8, 4) is 28.1 Å². The van der Waals surface area contributed by atoms with Gasteiger partial charge in [0, 0.05) is 86.5 Å². The molecular weight excluding hydrogens is 895 g/mol. The molecule has 6 bridgehead atoms. The van der Waals surface area contributed by atoms with Gasteiger partial charge in [-0.2, -0.15) is 9.73 Å². The van der Waals surface area contributed by atoms with Crippen LogP contribution in [0.2, 0.25) is 0 Å². The Hall–Kier alpha value is -5.70. The van der Waals surface area contributed by atoms with Crippen LogP contribution in [-0.4, -0.2) is 135 Å². The number of phenolic OH excluding ortho intramolecular Hbond substituents is 1. The summed E-state index contributed by atoms with van der Waals surface area (Å²) in [5.74, 6) is -4.04. The van der Waals surface area contributed by atoms with Gasteiger partial charge in [-0.1, -0.05) is 46.4 Å². The Morgan fingerprint density at radius 1 is 1.10 bits per heavy atom. The zero-order valence-corrected chi connectivity index (χ0v) is 40.6. The second-order valence-electron chi connectivity index (χ2n) is 19.3. The molecule has 366 valence electrons. The molecule has 4 atom stereocenters. The standard InChI is InChI=1S/C49H63N7O11S/c1-9-55-40-15-14-32-25-36(40)37(42(55)35-13-11-18-50-39(35)27-66-8)26-47(5,6)29-67-46(61)49(63)16-12-19-56(52-49)44(59)38(23-31-21-33(32)24-34(57)22-31)51-43(58)41(30(3)4)53(7)45(60)48(62)17-20-54(28-48)68(64,65)10-2/h10-11,13-15,18,21-22,24-25,30,38,41,52,57,62-63H,2,9,12,16-17,19-20,23,26-29H2,1,3-8H3,(H,51,58)/t38-,41-,48+,49-/m0/s1. The van der Waals surface area contributed by atoms with Crippen LogP contribution in [0.1, 0.15) is 70.7 Å². The molecule has 5 heterocycles. The van der Waals surface area contributed by atoms with E-state index in [-0.39, 0.29) is 57.7 Å². The van der Waals surface area contributed by atoms with E-state index in [1.165, 1.54) is 13.1 Å². The number of aliphatic hydroxyl groups is 2. The number of methoxy groups -OCH3 is 1. The molecule has 2 fully saturated rings. The van der Waals surface area contributed by atoms with Gasteiger partial charge in [0.15, 0.2) is 5.60 Å². The maximum Gasteiger partial charge on any atom is 0.355 e. The zero-order chi connectivity index (χ0) is 49.5. The fourth-order valence-corrected chi connectivity index (χ4v) is 10.8. The average Bonchev–Trinajstić information content (AvgIpc) is 3.85. The smallest absolute Gasteiger partial charge is 0.355 e. The fraction of sp³-hybridized carbons (Fsp3) is 0.490.